The molecule has 1 saturated heterocycles. The van der Waals surface area contributed by atoms with Gasteiger partial charge in [0.1, 0.15) is 5.82 Å². The minimum Gasteiger partial charge on any atom is -0.377 e. The van der Waals surface area contributed by atoms with Crippen LogP contribution in [0.15, 0.2) is 23.2 Å². The highest BCUT2D eigenvalue weighted by atomic mass is 127. The highest BCUT2D eigenvalue weighted by molar-refractivity contribution is 14.0. The summed E-state index contributed by atoms with van der Waals surface area (Å²) >= 11 is 0. The van der Waals surface area contributed by atoms with Crippen molar-refractivity contribution in [1.29, 1.82) is 0 Å². The predicted molar refractivity (Wildman–Crippen MR) is 129 cm³/mol. The van der Waals surface area contributed by atoms with E-state index in [2.05, 4.69) is 36.4 Å². The number of hydrogen-bond acceptors (Lipinski definition) is 3. The largest absolute Gasteiger partial charge is 0.377 e. The van der Waals surface area contributed by atoms with E-state index >= 15 is 0 Å². The van der Waals surface area contributed by atoms with Crippen LogP contribution in [0.1, 0.15) is 44.7 Å². The Bertz CT molecular complexity index is 661. The highest BCUT2D eigenvalue weighted by Crippen LogP contribution is 2.33. The van der Waals surface area contributed by atoms with Crippen molar-refractivity contribution in [3.8, 4) is 0 Å². The monoisotopic (exact) mass is 520 g/mol. The molecule has 0 radical (unpaired) electrons. The number of ether oxygens (including phenoxy) is 1. The minimum atomic E-state index is -0.162. The average molecular weight is 520 g/mol. The van der Waals surface area contributed by atoms with Crippen LogP contribution in [0.4, 0.5) is 4.39 Å². The van der Waals surface area contributed by atoms with Gasteiger partial charge in [0.25, 0.3) is 0 Å². The lowest BCUT2D eigenvalue weighted by Crippen LogP contribution is -2.47. The summed E-state index contributed by atoms with van der Waals surface area (Å²) in [6, 6.07) is 5.28. The second kappa shape index (κ2) is 12.1. The summed E-state index contributed by atoms with van der Waals surface area (Å²) in [4.78, 5) is 6.30. The summed E-state index contributed by atoms with van der Waals surface area (Å²) < 4.78 is 20.0. The fourth-order valence-electron chi connectivity index (χ4n) is 3.84. The van der Waals surface area contributed by atoms with Gasteiger partial charge in [-0.2, -0.15) is 0 Å². The van der Waals surface area contributed by atoms with Gasteiger partial charge in [0.15, 0.2) is 5.96 Å². The lowest BCUT2D eigenvalue weighted by molar-refractivity contribution is -0.0835. The second-order valence-corrected chi connectivity index (χ2v) is 9.03. The molecule has 1 aromatic rings. The SMILES string of the molecule is CN=C(NCc1ccc(F)c(CN(C)C)c1)NCC1CCCOC1C(C)(C)C.I. The molecule has 0 saturated carbocycles. The Morgan fingerprint density at radius 1 is 1.28 bits per heavy atom. The molecule has 5 nitrogen and oxygen atoms in total. The van der Waals surface area contributed by atoms with Crippen molar-refractivity contribution in [1.82, 2.24) is 15.5 Å². The number of aliphatic imine (C=N–C) groups is 1. The van der Waals surface area contributed by atoms with E-state index in [-0.39, 0.29) is 41.3 Å². The van der Waals surface area contributed by atoms with Gasteiger partial charge in [-0.1, -0.05) is 26.8 Å². The molecule has 7 heteroatoms. The van der Waals surface area contributed by atoms with Crippen LogP contribution in [0.2, 0.25) is 0 Å². The van der Waals surface area contributed by atoms with Gasteiger partial charge in [-0.3, -0.25) is 4.99 Å². The summed E-state index contributed by atoms with van der Waals surface area (Å²) in [6.45, 7) is 9.59. The number of hydrogen-bond donors (Lipinski definition) is 2. The molecule has 1 aliphatic rings. The first-order valence-electron chi connectivity index (χ1n) is 10.2. The Labute approximate surface area is 192 Å². The van der Waals surface area contributed by atoms with Crippen LogP contribution in [0.5, 0.6) is 0 Å². The molecule has 1 aromatic carbocycles. The number of halogens is 2. The topological polar surface area (TPSA) is 48.9 Å². The quantitative estimate of drug-likeness (QED) is 0.338. The molecule has 0 aliphatic carbocycles. The van der Waals surface area contributed by atoms with Crippen LogP contribution in [0, 0.1) is 17.2 Å². The lowest BCUT2D eigenvalue weighted by atomic mass is 9.78. The molecule has 2 rings (SSSR count). The molecule has 29 heavy (non-hydrogen) atoms. The molecule has 166 valence electrons. The first-order valence-corrected chi connectivity index (χ1v) is 10.2. The number of rotatable bonds is 6. The molecule has 2 N–H and O–H groups in total. The van der Waals surface area contributed by atoms with Crippen molar-refractivity contribution in [2.75, 3.05) is 34.3 Å². The standard InChI is InChI=1S/C22H37FN4O.HI/c1-22(2,3)20-17(8-7-11-28-20)14-26-21(24-4)25-13-16-9-10-19(23)18(12-16)15-27(5)6;/h9-10,12,17,20H,7-8,11,13-15H2,1-6H3,(H2,24,25,26);1H. The van der Waals surface area contributed by atoms with Crippen molar-refractivity contribution < 1.29 is 9.13 Å². The van der Waals surface area contributed by atoms with Gasteiger partial charge in [0, 0.05) is 44.8 Å². The molecular weight excluding hydrogens is 482 g/mol. The molecular formula is C22H38FIN4O. The normalized spacial score (nSPS) is 20.3. The van der Waals surface area contributed by atoms with Crippen molar-refractivity contribution >= 4 is 29.9 Å². The lowest BCUT2D eigenvalue weighted by Gasteiger charge is -2.40. The Morgan fingerprint density at radius 2 is 2.00 bits per heavy atom. The van der Waals surface area contributed by atoms with Gasteiger partial charge in [0.2, 0.25) is 0 Å². The van der Waals surface area contributed by atoms with Crippen LogP contribution in [-0.4, -0.2) is 51.3 Å². The number of nitrogens with one attached hydrogen (secondary N) is 2. The Morgan fingerprint density at radius 3 is 2.62 bits per heavy atom. The smallest absolute Gasteiger partial charge is 0.191 e. The van der Waals surface area contributed by atoms with Crippen LogP contribution in [-0.2, 0) is 17.8 Å². The van der Waals surface area contributed by atoms with Crippen molar-refractivity contribution in [3.05, 3.63) is 35.1 Å². The molecule has 2 unspecified atom stereocenters. The van der Waals surface area contributed by atoms with Crippen molar-refractivity contribution in [2.24, 2.45) is 16.3 Å². The predicted octanol–water partition coefficient (Wildman–Crippen LogP) is 4.01. The minimum absolute atomic E-state index is 0. The third-order valence-corrected chi connectivity index (χ3v) is 5.11. The van der Waals surface area contributed by atoms with E-state index in [0.717, 1.165) is 37.5 Å². The van der Waals surface area contributed by atoms with Crippen LogP contribution >= 0.6 is 24.0 Å². The van der Waals surface area contributed by atoms with Crippen LogP contribution < -0.4 is 10.6 Å². The zero-order valence-corrected chi connectivity index (χ0v) is 21.0. The third kappa shape index (κ3) is 8.38. The Hall–Kier alpha value is -0.930. The molecule has 0 aromatic heterocycles. The summed E-state index contributed by atoms with van der Waals surface area (Å²) in [5, 5.41) is 6.79. The zero-order chi connectivity index (χ0) is 20.7. The first-order chi connectivity index (χ1) is 13.2. The van der Waals surface area contributed by atoms with Gasteiger partial charge < -0.3 is 20.3 Å². The summed E-state index contributed by atoms with van der Waals surface area (Å²) in [5.41, 5.74) is 1.87. The molecule has 2 atom stereocenters. The van der Waals surface area contributed by atoms with Gasteiger partial charge in [-0.15, -0.1) is 24.0 Å². The third-order valence-electron chi connectivity index (χ3n) is 5.11. The maximum atomic E-state index is 14.0. The fraction of sp³-hybridized carbons (Fsp3) is 0.682. The van der Waals surface area contributed by atoms with Gasteiger partial charge >= 0.3 is 0 Å². The van der Waals surface area contributed by atoms with E-state index in [1.165, 1.54) is 0 Å². The molecule has 0 bridgehead atoms. The molecule has 1 fully saturated rings. The van der Waals surface area contributed by atoms with Crippen LogP contribution in [0.25, 0.3) is 0 Å². The van der Waals surface area contributed by atoms with E-state index in [0.29, 0.717) is 24.6 Å². The van der Waals surface area contributed by atoms with E-state index in [9.17, 15) is 4.39 Å². The number of benzene rings is 1. The van der Waals surface area contributed by atoms with Gasteiger partial charge in [-0.25, -0.2) is 4.39 Å². The van der Waals surface area contributed by atoms with Crippen molar-refractivity contribution in [2.45, 2.75) is 52.8 Å². The van der Waals surface area contributed by atoms with E-state index < -0.39 is 0 Å². The molecule has 1 aliphatic heterocycles. The number of nitrogens with zero attached hydrogens (tertiary/aromatic N) is 2. The van der Waals surface area contributed by atoms with Gasteiger partial charge in [-0.05, 0) is 50.0 Å². The first kappa shape index (κ1) is 26.1. The maximum Gasteiger partial charge on any atom is 0.191 e. The highest BCUT2D eigenvalue weighted by Gasteiger charge is 2.35. The maximum absolute atomic E-state index is 14.0. The summed E-state index contributed by atoms with van der Waals surface area (Å²) in [6.07, 6.45) is 2.52. The molecule has 1 heterocycles. The Balaban J connectivity index is 0.00000420. The summed E-state index contributed by atoms with van der Waals surface area (Å²) in [5.74, 6) is 1.06. The van der Waals surface area contributed by atoms with Gasteiger partial charge in [0.05, 0.1) is 6.10 Å². The van der Waals surface area contributed by atoms with Crippen LogP contribution in [0.3, 0.4) is 0 Å². The second-order valence-electron chi connectivity index (χ2n) is 9.03. The number of guanidine groups is 1. The van der Waals surface area contributed by atoms with E-state index in [1.54, 1.807) is 13.1 Å². The zero-order valence-electron chi connectivity index (χ0n) is 18.7. The van der Waals surface area contributed by atoms with E-state index in [1.807, 2.05) is 31.1 Å². The summed E-state index contributed by atoms with van der Waals surface area (Å²) in [7, 11) is 5.65. The fourth-order valence-corrected chi connectivity index (χ4v) is 3.84. The van der Waals surface area contributed by atoms with E-state index in [4.69, 9.17) is 4.74 Å². The molecule has 0 spiro atoms. The van der Waals surface area contributed by atoms with Crippen molar-refractivity contribution in [3.63, 3.8) is 0 Å². The average Bonchev–Trinajstić information content (AvgIpc) is 2.63. The molecule has 0 amide bonds. The Kier molecular flexibility index (Phi) is 10.8.